The summed E-state index contributed by atoms with van der Waals surface area (Å²) in [7, 11) is 0. The van der Waals surface area contributed by atoms with Crippen molar-refractivity contribution in [3.63, 3.8) is 0 Å². The van der Waals surface area contributed by atoms with Crippen LogP contribution in [0, 0.1) is 6.92 Å². The molecule has 2 heterocycles. The average molecular weight is 394 g/mol. The fourth-order valence-electron chi connectivity index (χ4n) is 3.67. The zero-order chi connectivity index (χ0) is 19.8. The van der Waals surface area contributed by atoms with Gasteiger partial charge in [-0.2, -0.15) is 5.10 Å². The molecule has 6 heteroatoms. The van der Waals surface area contributed by atoms with Crippen molar-refractivity contribution >= 4 is 29.1 Å². The second kappa shape index (κ2) is 7.24. The molecular formula is C22H20ClN3O2. The van der Waals surface area contributed by atoms with Crippen molar-refractivity contribution in [2.24, 2.45) is 0 Å². The molecule has 0 saturated carbocycles. The topological polar surface area (TPSA) is 64.0 Å². The lowest BCUT2D eigenvalue weighted by atomic mass is 9.85. The maximum Gasteiger partial charge on any atom is 0.226 e. The summed E-state index contributed by atoms with van der Waals surface area (Å²) in [5.74, 6) is -0.328. The van der Waals surface area contributed by atoms with Crippen molar-refractivity contribution in [1.82, 2.24) is 9.78 Å². The first-order chi connectivity index (χ1) is 13.5. The van der Waals surface area contributed by atoms with E-state index in [-0.39, 0.29) is 18.1 Å². The van der Waals surface area contributed by atoms with Crippen molar-refractivity contribution in [3.8, 4) is 5.69 Å². The molecule has 4 rings (SSSR count). The van der Waals surface area contributed by atoms with Gasteiger partial charge in [0.2, 0.25) is 5.91 Å². The van der Waals surface area contributed by atoms with Crippen molar-refractivity contribution < 1.29 is 9.59 Å². The van der Waals surface area contributed by atoms with Gasteiger partial charge in [-0.25, -0.2) is 4.68 Å². The lowest BCUT2D eigenvalue weighted by Gasteiger charge is -2.23. The summed E-state index contributed by atoms with van der Waals surface area (Å²) in [5, 5.41) is 8.02. The van der Waals surface area contributed by atoms with Gasteiger partial charge >= 0.3 is 0 Å². The fraction of sp³-hybridized carbons (Fsp3) is 0.227. The number of nitrogens with one attached hydrogen (secondary N) is 1. The number of aromatic nitrogens is 2. The van der Waals surface area contributed by atoms with Crippen molar-refractivity contribution in [1.29, 1.82) is 0 Å². The molecule has 1 atom stereocenters. The number of Topliss-reactive ketones (excluding diaryl/α,β-unsaturated/α-hetero) is 1. The number of rotatable bonds is 4. The Kier molecular flexibility index (Phi) is 4.77. The van der Waals surface area contributed by atoms with E-state index in [0.29, 0.717) is 16.4 Å². The molecule has 0 bridgehead atoms. The molecule has 1 N–H and O–H groups in total. The van der Waals surface area contributed by atoms with Crippen LogP contribution in [-0.2, 0) is 11.2 Å². The fourth-order valence-corrected chi connectivity index (χ4v) is 3.86. The van der Waals surface area contributed by atoms with Crippen molar-refractivity contribution in [2.45, 2.75) is 32.6 Å². The number of amides is 1. The number of hydrogen-bond donors (Lipinski definition) is 1. The Bertz CT molecular complexity index is 1070. The Morgan fingerprint density at radius 3 is 2.68 bits per heavy atom. The minimum absolute atomic E-state index is 0.0969. The van der Waals surface area contributed by atoms with Crippen LogP contribution in [0.3, 0.4) is 0 Å². The van der Waals surface area contributed by atoms with E-state index in [4.69, 9.17) is 11.6 Å². The molecule has 1 aliphatic heterocycles. The molecule has 0 unspecified atom stereocenters. The van der Waals surface area contributed by atoms with Gasteiger partial charge in [-0.05, 0) is 43.2 Å². The molecule has 0 fully saturated rings. The summed E-state index contributed by atoms with van der Waals surface area (Å²) < 4.78 is 1.71. The summed E-state index contributed by atoms with van der Waals surface area (Å²) in [6.45, 7) is 3.96. The number of anilines is 1. The molecule has 2 aromatic carbocycles. The zero-order valence-corrected chi connectivity index (χ0v) is 16.5. The molecule has 28 heavy (non-hydrogen) atoms. The number of hydrogen-bond acceptors (Lipinski definition) is 3. The van der Waals surface area contributed by atoms with Gasteiger partial charge in [0, 0.05) is 22.6 Å². The van der Waals surface area contributed by atoms with Gasteiger partial charge in [0.25, 0.3) is 0 Å². The molecule has 0 radical (unpaired) electrons. The zero-order valence-electron chi connectivity index (χ0n) is 15.7. The largest absolute Gasteiger partial charge is 0.310 e. The van der Waals surface area contributed by atoms with E-state index in [1.165, 1.54) is 5.56 Å². The highest BCUT2D eigenvalue weighted by molar-refractivity contribution is 6.31. The third kappa shape index (κ3) is 3.22. The number of halogens is 1. The molecule has 0 aliphatic carbocycles. The molecule has 1 aliphatic rings. The second-order valence-corrected chi connectivity index (χ2v) is 7.40. The number of fused-ring (bicyclic) bond motifs is 1. The van der Waals surface area contributed by atoms with Crippen LogP contribution >= 0.6 is 11.6 Å². The van der Waals surface area contributed by atoms with Gasteiger partial charge in [0.1, 0.15) is 5.82 Å². The maximum absolute atomic E-state index is 13.2. The number of ketones is 1. The van der Waals surface area contributed by atoms with E-state index in [9.17, 15) is 9.59 Å². The van der Waals surface area contributed by atoms with Crippen LogP contribution in [-0.4, -0.2) is 21.5 Å². The highest BCUT2D eigenvalue weighted by Crippen LogP contribution is 2.38. The first-order valence-electron chi connectivity index (χ1n) is 9.26. The van der Waals surface area contributed by atoms with Gasteiger partial charge in [0.05, 0.1) is 17.3 Å². The Morgan fingerprint density at radius 1 is 1.25 bits per heavy atom. The lowest BCUT2D eigenvalue weighted by molar-refractivity contribution is -0.116. The second-order valence-electron chi connectivity index (χ2n) is 6.96. The number of carbonyl (C=O) groups excluding carboxylic acids is 2. The van der Waals surface area contributed by atoms with E-state index >= 15 is 0 Å². The number of carbonyl (C=O) groups is 2. The van der Waals surface area contributed by atoms with Gasteiger partial charge < -0.3 is 5.32 Å². The first-order valence-corrected chi connectivity index (χ1v) is 9.64. The first kappa shape index (κ1) is 18.4. The highest BCUT2D eigenvalue weighted by atomic mass is 35.5. The van der Waals surface area contributed by atoms with E-state index in [1.807, 2.05) is 31.2 Å². The van der Waals surface area contributed by atoms with E-state index in [0.717, 1.165) is 23.4 Å². The number of benzene rings is 2. The van der Waals surface area contributed by atoms with E-state index < -0.39 is 5.92 Å². The lowest BCUT2D eigenvalue weighted by Crippen LogP contribution is -2.28. The van der Waals surface area contributed by atoms with Gasteiger partial charge in [-0.3, -0.25) is 9.59 Å². The predicted octanol–water partition coefficient (Wildman–Crippen LogP) is 4.71. The molecule has 0 spiro atoms. The van der Waals surface area contributed by atoms with Crippen LogP contribution in [0.25, 0.3) is 5.69 Å². The van der Waals surface area contributed by atoms with Crippen molar-refractivity contribution in [2.75, 3.05) is 5.32 Å². The molecule has 1 aromatic heterocycles. The molecular weight excluding hydrogens is 374 g/mol. The summed E-state index contributed by atoms with van der Waals surface area (Å²) in [6.07, 6.45) is 1.04. The smallest absolute Gasteiger partial charge is 0.226 e. The van der Waals surface area contributed by atoms with Gasteiger partial charge in [-0.1, -0.05) is 42.8 Å². The minimum atomic E-state index is -0.578. The van der Waals surface area contributed by atoms with Gasteiger partial charge in [0.15, 0.2) is 5.78 Å². The van der Waals surface area contributed by atoms with Crippen molar-refractivity contribution in [3.05, 3.63) is 75.9 Å². The monoisotopic (exact) mass is 393 g/mol. The summed E-state index contributed by atoms with van der Waals surface area (Å²) in [4.78, 5) is 25.6. The summed E-state index contributed by atoms with van der Waals surface area (Å²) in [6, 6.07) is 14.9. The van der Waals surface area contributed by atoms with Crippen LogP contribution in [0.4, 0.5) is 5.82 Å². The third-order valence-electron chi connectivity index (χ3n) is 5.12. The Balaban J connectivity index is 1.79. The third-order valence-corrected chi connectivity index (χ3v) is 5.35. The Labute approximate surface area is 168 Å². The van der Waals surface area contributed by atoms with Crippen LogP contribution in [0.15, 0.2) is 48.5 Å². The van der Waals surface area contributed by atoms with Crippen LogP contribution in [0.2, 0.25) is 5.02 Å². The molecule has 142 valence electrons. The maximum atomic E-state index is 13.2. The van der Waals surface area contributed by atoms with Crippen LogP contribution < -0.4 is 5.32 Å². The molecule has 1 amide bonds. The number of aryl methyl sites for hydroxylation is 2. The Morgan fingerprint density at radius 2 is 2.00 bits per heavy atom. The molecule has 5 nitrogen and oxygen atoms in total. The van der Waals surface area contributed by atoms with Crippen LogP contribution in [0.5, 0.6) is 0 Å². The quantitative estimate of drug-likeness (QED) is 0.653. The van der Waals surface area contributed by atoms with Gasteiger partial charge in [-0.15, -0.1) is 0 Å². The normalized spacial score (nSPS) is 15.8. The predicted molar refractivity (Wildman–Crippen MR) is 109 cm³/mol. The summed E-state index contributed by atoms with van der Waals surface area (Å²) in [5.41, 5.74) is 4.06. The van der Waals surface area contributed by atoms with E-state index in [1.54, 1.807) is 28.9 Å². The SMILES string of the molecule is CCc1ccc(-n2nc(C)c3c2NC(=O)C[C@@H]3C(=O)c2cccc(Cl)c2)cc1. The van der Waals surface area contributed by atoms with Crippen LogP contribution in [0.1, 0.15) is 46.4 Å². The molecule has 3 aromatic rings. The molecule has 0 saturated heterocycles. The standard InChI is InChI=1S/C22H20ClN3O2/c1-3-14-7-9-17(10-8-14)26-22-20(13(2)25-26)18(12-19(27)24-22)21(28)15-5-4-6-16(23)11-15/h4-11,18H,3,12H2,1-2H3,(H,24,27)/t18-/m0/s1. The summed E-state index contributed by atoms with van der Waals surface area (Å²) >= 11 is 6.05. The number of nitrogens with zero attached hydrogens (tertiary/aromatic N) is 2. The average Bonchev–Trinajstić information content (AvgIpc) is 3.03. The Hall–Kier alpha value is -2.92. The van der Waals surface area contributed by atoms with E-state index in [2.05, 4.69) is 17.3 Å². The minimum Gasteiger partial charge on any atom is -0.310 e. The highest BCUT2D eigenvalue weighted by Gasteiger charge is 2.36.